The average molecular weight is 379 g/mol. The first kappa shape index (κ1) is 18.6. The van der Waals surface area contributed by atoms with Crippen LogP contribution in [0.3, 0.4) is 0 Å². The molecule has 0 aliphatic rings. The standard InChI is InChI=1S/C22H22NOPS/c1-2-9-18-14-16-19(17-15-18)23-22(26)25(24,20-10-5-3-6-11-20)21-12-7-4-8-13-21/h3-8,10-17H,2,9H2,1H3,(H,23,26). The van der Waals surface area contributed by atoms with Gasteiger partial charge in [-0.25, -0.2) is 0 Å². The van der Waals surface area contributed by atoms with Gasteiger partial charge in [0.25, 0.3) is 0 Å². The van der Waals surface area contributed by atoms with E-state index in [1.54, 1.807) is 0 Å². The average Bonchev–Trinajstić information content (AvgIpc) is 2.70. The molecule has 26 heavy (non-hydrogen) atoms. The van der Waals surface area contributed by atoms with Crippen molar-refractivity contribution in [1.82, 2.24) is 0 Å². The van der Waals surface area contributed by atoms with Gasteiger partial charge < -0.3 is 9.88 Å². The smallest absolute Gasteiger partial charge is 0.197 e. The number of hydrogen-bond donors (Lipinski definition) is 1. The van der Waals surface area contributed by atoms with Crippen molar-refractivity contribution < 1.29 is 4.57 Å². The normalized spacial score (nSPS) is 11.1. The van der Waals surface area contributed by atoms with Crippen molar-refractivity contribution in [2.75, 3.05) is 5.32 Å². The van der Waals surface area contributed by atoms with E-state index in [1.807, 2.05) is 72.8 Å². The lowest BCUT2D eigenvalue weighted by molar-refractivity contribution is 0.594. The Morgan fingerprint density at radius 2 is 1.35 bits per heavy atom. The van der Waals surface area contributed by atoms with Gasteiger partial charge in [0.05, 0.1) is 0 Å². The van der Waals surface area contributed by atoms with E-state index in [-0.39, 0.29) is 0 Å². The van der Waals surface area contributed by atoms with Gasteiger partial charge in [-0.15, -0.1) is 0 Å². The molecule has 3 aromatic rings. The quantitative estimate of drug-likeness (QED) is 0.462. The first-order valence-electron chi connectivity index (χ1n) is 8.76. The summed E-state index contributed by atoms with van der Waals surface area (Å²) in [6, 6.07) is 27.1. The van der Waals surface area contributed by atoms with Crippen LogP contribution in [0.4, 0.5) is 5.69 Å². The second-order valence-corrected chi connectivity index (χ2v) is 9.57. The van der Waals surface area contributed by atoms with Crippen molar-refractivity contribution in [2.45, 2.75) is 19.8 Å². The number of benzene rings is 3. The fraction of sp³-hybridized carbons (Fsp3) is 0.136. The molecule has 0 aromatic heterocycles. The summed E-state index contributed by atoms with van der Waals surface area (Å²) in [5.74, 6) is 0. The molecule has 0 saturated heterocycles. The molecule has 0 aliphatic carbocycles. The zero-order valence-electron chi connectivity index (χ0n) is 14.8. The summed E-state index contributed by atoms with van der Waals surface area (Å²) in [5.41, 5.74) is 2.15. The Bertz CT molecular complexity index is 864. The molecule has 0 unspecified atom stereocenters. The maximum atomic E-state index is 14.1. The molecular weight excluding hydrogens is 357 g/mol. The molecule has 2 nitrogen and oxygen atoms in total. The third kappa shape index (κ3) is 3.95. The van der Waals surface area contributed by atoms with Gasteiger partial charge in [-0.3, -0.25) is 0 Å². The number of nitrogens with one attached hydrogen (secondary N) is 1. The molecule has 3 rings (SSSR count). The molecule has 3 aromatic carbocycles. The molecular formula is C22H22NOPS. The van der Waals surface area contributed by atoms with Gasteiger partial charge in [0, 0.05) is 16.3 Å². The van der Waals surface area contributed by atoms with E-state index in [0.29, 0.717) is 4.73 Å². The highest BCUT2D eigenvalue weighted by atomic mass is 32.1. The summed E-state index contributed by atoms with van der Waals surface area (Å²) in [5, 5.41) is 4.70. The summed E-state index contributed by atoms with van der Waals surface area (Å²) in [6.45, 7) is 2.16. The Morgan fingerprint density at radius 1 is 0.846 bits per heavy atom. The second-order valence-electron chi connectivity index (χ2n) is 6.16. The zero-order chi connectivity index (χ0) is 18.4. The van der Waals surface area contributed by atoms with E-state index in [2.05, 4.69) is 24.4 Å². The van der Waals surface area contributed by atoms with E-state index in [1.165, 1.54) is 5.56 Å². The molecule has 0 saturated carbocycles. The number of thiocarbonyl (C=S) groups is 1. The minimum absolute atomic E-state index is 0.359. The first-order valence-corrected chi connectivity index (χ1v) is 10.9. The Kier molecular flexibility index (Phi) is 6.03. The highest BCUT2D eigenvalue weighted by Gasteiger charge is 2.32. The molecule has 1 N–H and O–H groups in total. The van der Waals surface area contributed by atoms with Gasteiger partial charge >= 0.3 is 0 Å². The Balaban J connectivity index is 1.95. The summed E-state index contributed by atoms with van der Waals surface area (Å²) >= 11 is 5.64. The van der Waals surface area contributed by atoms with Gasteiger partial charge in [0.1, 0.15) is 4.73 Å². The SMILES string of the molecule is CCCc1ccc(NC(=S)P(=O)(c2ccccc2)c2ccccc2)cc1. The molecule has 4 heteroatoms. The largest absolute Gasteiger partial charge is 0.343 e. The van der Waals surface area contributed by atoms with Gasteiger partial charge in [-0.05, 0) is 24.1 Å². The van der Waals surface area contributed by atoms with Crippen molar-refractivity contribution >= 4 is 40.4 Å². The van der Waals surface area contributed by atoms with Gasteiger partial charge in [0.2, 0.25) is 0 Å². The van der Waals surface area contributed by atoms with E-state index >= 15 is 0 Å². The van der Waals surface area contributed by atoms with Crippen LogP contribution in [0.25, 0.3) is 0 Å². The fourth-order valence-electron chi connectivity index (χ4n) is 2.91. The third-order valence-electron chi connectivity index (χ3n) is 4.27. The lowest BCUT2D eigenvalue weighted by Gasteiger charge is -2.21. The Labute approximate surface area is 160 Å². The predicted octanol–water partition coefficient (Wildman–Crippen LogP) is 5.35. The minimum Gasteiger partial charge on any atom is -0.343 e. The number of aryl methyl sites for hydroxylation is 1. The highest BCUT2D eigenvalue weighted by Crippen LogP contribution is 2.45. The van der Waals surface area contributed by atoms with E-state index in [4.69, 9.17) is 12.2 Å². The van der Waals surface area contributed by atoms with Crippen LogP contribution in [0, 0.1) is 0 Å². The van der Waals surface area contributed by atoms with E-state index in [9.17, 15) is 4.57 Å². The Morgan fingerprint density at radius 3 is 1.81 bits per heavy atom. The van der Waals surface area contributed by atoms with Crippen LogP contribution in [-0.4, -0.2) is 4.73 Å². The lowest BCUT2D eigenvalue weighted by atomic mass is 10.1. The number of hydrogen-bond acceptors (Lipinski definition) is 2. The maximum absolute atomic E-state index is 14.1. The lowest BCUT2D eigenvalue weighted by Crippen LogP contribution is -2.25. The molecule has 0 aliphatic heterocycles. The zero-order valence-corrected chi connectivity index (χ0v) is 16.5. The van der Waals surface area contributed by atoms with Crippen LogP contribution < -0.4 is 15.9 Å². The molecule has 0 bridgehead atoms. The van der Waals surface area contributed by atoms with Gasteiger partial charge in [-0.1, -0.05) is 98.4 Å². The van der Waals surface area contributed by atoms with Gasteiger partial charge in [0.15, 0.2) is 7.14 Å². The highest BCUT2D eigenvalue weighted by molar-refractivity contribution is 8.08. The summed E-state index contributed by atoms with van der Waals surface area (Å²) in [7, 11) is -3.08. The van der Waals surface area contributed by atoms with Crippen LogP contribution >= 0.6 is 19.4 Å². The molecule has 0 atom stereocenters. The molecule has 0 fully saturated rings. The number of anilines is 1. The van der Waals surface area contributed by atoms with Gasteiger partial charge in [-0.2, -0.15) is 0 Å². The van der Waals surface area contributed by atoms with Crippen molar-refractivity contribution in [3.63, 3.8) is 0 Å². The van der Waals surface area contributed by atoms with Crippen LogP contribution in [-0.2, 0) is 11.0 Å². The third-order valence-corrected chi connectivity index (χ3v) is 7.88. The minimum atomic E-state index is -3.08. The van der Waals surface area contributed by atoms with Crippen molar-refractivity contribution in [3.8, 4) is 0 Å². The van der Waals surface area contributed by atoms with Crippen molar-refractivity contribution in [1.29, 1.82) is 0 Å². The van der Waals surface area contributed by atoms with Crippen LogP contribution in [0.5, 0.6) is 0 Å². The monoisotopic (exact) mass is 379 g/mol. The fourth-order valence-corrected chi connectivity index (χ4v) is 5.89. The maximum Gasteiger partial charge on any atom is 0.197 e. The first-order chi connectivity index (χ1) is 12.6. The predicted molar refractivity (Wildman–Crippen MR) is 116 cm³/mol. The van der Waals surface area contributed by atoms with Crippen molar-refractivity contribution in [3.05, 3.63) is 90.5 Å². The molecule has 0 spiro atoms. The summed E-state index contributed by atoms with van der Waals surface area (Å²) < 4.78 is 14.4. The Hall–Kier alpha value is -2.22. The molecule has 132 valence electrons. The summed E-state index contributed by atoms with van der Waals surface area (Å²) in [4.78, 5) is 0. The molecule has 0 heterocycles. The number of rotatable bonds is 6. The molecule has 0 amide bonds. The van der Waals surface area contributed by atoms with Crippen LogP contribution in [0.15, 0.2) is 84.9 Å². The second kappa shape index (κ2) is 8.44. The van der Waals surface area contributed by atoms with E-state index < -0.39 is 7.14 Å². The van der Waals surface area contributed by atoms with Crippen molar-refractivity contribution in [2.24, 2.45) is 0 Å². The van der Waals surface area contributed by atoms with Crippen LogP contribution in [0.1, 0.15) is 18.9 Å². The molecule has 0 radical (unpaired) electrons. The van der Waals surface area contributed by atoms with Crippen LogP contribution in [0.2, 0.25) is 0 Å². The summed E-state index contributed by atoms with van der Waals surface area (Å²) in [6.07, 6.45) is 2.17. The topological polar surface area (TPSA) is 29.1 Å². The van der Waals surface area contributed by atoms with E-state index in [0.717, 1.165) is 29.1 Å².